The molecule has 0 amide bonds. The van der Waals surface area contributed by atoms with Gasteiger partial charge in [0.25, 0.3) is 0 Å². The first-order valence-electron chi connectivity index (χ1n) is 10.1. The normalized spacial score (nSPS) is 18.9. The van der Waals surface area contributed by atoms with Gasteiger partial charge >= 0.3 is 0 Å². The number of benzene rings is 1. The molecule has 7 heteroatoms. The SMILES string of the molecule is Cc1cc(C)c(NC[C@H]2CN(c3ccc(C#N)c4ncccc34)C[C@@H](C)O2)nc1N. The minimum atomic E-state index is -0.0140. The second-order valence-corrected chi connectivity index (χ2v) is 7.85. The van der Waals surface area contributed by atoms with Crippen LogP contribution in [0.1, 0.15) is 23.6 Å². The zero-order chi connectivity index (χ0) is 21.3. The summed E-state index contributed by atoms with van der Waals surface area (Å²) in [4.78, 5) is 11.2. The van der Waals surface area contributed by atoms with Crippen LogP contribution in [-0.2, 0) is 4.74 Å². The maximum absolute atomic E-state index is 9.41. The van der Waals surface area contributed by atoms with Crippen molar-refractivity contribution in [3.05, 3.63) is 53.2 Å². The van der Waals surface area contributed by atoms with Crippen LogP contribution in [0.5, 0.6) is 0 Å². The third-order valence-electron chi connectivity index (χ3n) is 5.47. The van der Waals surface area contributed by atoms with Crippen molar-refractivity contribution in [2.75, 3.05) is 35.6 Å². The van der Waals surface area contributed by atoms with Crippen LogP contribution in [0.3, 0.4) is 0 Å². The summed E-state index contributed by atoms with van der Waals surface area (Å²) in [6, 6.07) is 12.1. The Bertz CT molecular complexity index is 1120. The van der Waals surface area contributed by atoms with E-state index in [-0.39, 0.29) is 12.2 Å². The number of nitrogens with zero attached hydrogens (tertiary/aromatic N) is 4. The van der Waals surface area contributed by atoms with Crippen LogP contribution in [-0.4, -0.2) is 41.8 Å². The molecule has 3 heterocycles. The average Bonchev–Trinajstić information content (AvgIpc) is 2.74. The number of anilines is 3. The van der Waals surface area contributed by atoms with E-state index in [2.05, 4.69) is 33.2 Å². The Kier molecular flexibility index (Phi) is 5.42. The molecule has 1 aliphatic rings. The number of nitrogen functional groups attached to an aromatic ring is 1. The van der Waals surface area contributed by atoms with Crippen molar-refractivity contribution in [3.63, 3.8) is 0 Å². The van der Waals surface area contributed by atoms with E-state index < -0.39 is 0 Å². The number of morpholine rings is 1. The highest BCUT2D eigenvalue weighted by Gasteiger charge is 2.27. The standard InChI is InChI=1S/C23H26N6O/c1-14-9-15(2)23(28-22(14)25)27-11-18-13-29(12-16(3)30-18)20-7-6-17(10-24)21-19(20)5-4-8-26-21/h4-9,16,18H,11-13H2,1-3H3,(H3,25,27,28)/t16-,18+/m1/s1. The first-order chi connectivity index (χ1) is 14.5. The highest BCUT2D eigenvalue weighted by Crippen LogP contribution is 2.30. The van der Waals surface area contributed by atoms with Crippen molar-refractivity contribution in [2.24, 2.45) is 0 Å². The van der Waals surface area contributed by atoms with E-state index >= 15 is 0 Å². The summed E-state index contributed by atoms with van der Waals surface area (Å²) < 4.78 is 6.18. The molecule has 1 aliphatic heterocycles. The van der Waals surface area contributed by atoms with E-state index in [0.29, 0.717) is 17.9 Å². The van der Waals surface area contributed by atoms with Crippen LogP contribution < -0.4 is 16.0 Å². The molecule has 0 radical (unpaired) electrons. The number of ether oxygens (including phenoxy) is 1. The van der Waals surface area contributed by atoms with Gasteiger partial charge in [0.1, 0.15) is 17.7 Å². The smallest absolute Gasteiger partial charge is 0.131 e. The van der Waals surface area contributed by atoms with Gasteiger partial charge in [-0.1, -0.05) is 0 Å². The number of nitrogens with two attached hydrogens (primary N) is 1. The lowest BCUT2D eigenvalue weighted by Crippen LogP contribution is -2.49. The molecule has 1 fully saturated rings. The van der Waals surface area contributed by atoms with Crippen LogP contribution in [0.25, 0.3) is 10.9 Å². The molecule has 1 saturated heterocycles. The van der Waals surface area contributed by atoms with Gasteiger partial charge in [0.2, 0.25) is 0 Å². The molecular formula is C23H26N6O. The molecule has 2 atom stereocenters. The maximum atomic E-state index is 9.41. The Morgan fingerprint density at radius 3 is 2.90 bits per heavy atom. The predicted octanol–water partition coefficient (Wildman–Crippen LogP) is 3.41. The van der Waals surface area contributed by atoms with Crippen LogP contribution in [0.4, 0.5) is 17.3 Å². The number of nitriles is 1. The number of aromatic nitrogens is 2. The highest BCUT2D eigenvalue weighted by molar-refractivity contribution is 5.95. The zero-order valence-electron chi connectivity index (χ0n) is 17.5. The Balaban J connectivity index is 1.55. The first kappa shape index (κ1) is 19.9. The molecule has 7 nitrogen and oxygen atoms in total. The van der Waals surface area contributed by atoms with Gasteiger partial charge in [-0.15, -0.1) is 0 Å². The van der Waals surface area contributed by atoms with E-state index in [0.717, 1.165) is 46.6 Å². The zero-order valence-corrected chi connectivity index (χ0v) is 17.5. The number of rotatable bonds is 4. The largest absolute Gasteiger partial charge is 0.383 e. The van der Waals surface area contributed by atoms with Gasteiger partial charge in [-0.3, -0.25) is 4.98 Å². The lowest BCUT2D eigenvalue weighted by molar-refractivity contribution is -0.00824. The summed E-state index contributed by atoms with van der Waals surface area (Å²) in [5, 5.41) is 13.8. The number of aryl methyl sites for hydroxylation is 2. The summed E-state index contributed by atoms with van der Waals surface area (Å²) in [6.07, 6.45) is 1.79. The number of fused-ring (bicyclic) bond motifs is 1. The van der Waals surface area contributed by atoms with Crippen molar-refractivity contribution in [1.82, 2.24) is 9.97 Å². The molecule has 0 spiro atoms. The Morgan fingerprint density at radius 2 is 2.10 bits per heavy atom. The van der Waals surface area contributed by atoms with Crippen molar-refractivity contribution in [1.29, 1.82) is 5.26 Å². The van der Waals surface area contributed by atoms with Crippen LogP contribution in [0, 0.1) is 25.2 Å². The Labute approximate surface area is 176 Å². The monoisotopic (exact) mass is 402 g/mol. The third-order valence-corrected chi connectivity index (χ3v) is 5.47. The third kappa shape index (κ3) is 3.87. The van der Waals surface area contributed by atoms with Crippen LogP contribution in [0.2, 0.25) is 0 Å². The summed E-state index contributed by atoms with van der Waals surface area (Å²) in [5.74, 6) is 1.33. The second kappa shape index (κ2) is 8.17. The van der Waals surface area contributed by atoms with Crippen molar-refractivity contribution >= 4 is 28.2 Å². The fourth-order valence-corrected chi connectivity index (χ4v) is 4.03. The molecule has 154 valence electrons. The van der Waals surface area contributed by atoms with Gasteiger partial charge in [0.05, 0.1) is 23.3 Å². The fraction of sp³-hybridized carbons (Fsp3) is 0.348. The van der Waals surface area contributed by atoms with Gasteiger partial charge in [-0.25, -0.2) is 4.98 Å². The van der Waals surface area contributed by atoms with Crippen LogP contribution in [0.15, 0.2) is 36.5 Å². The molecule has 0 bridgehead atoms. The molecule has 0 unspecified atom stereocenters. The van der Waals surface area contributed by atoms with Gasteiger partial charge in [0.15, 0.2) is 0 Å². The van der Waals surface area contributed by atoms with Crippen molar-refractivity contribution < 1.29 is 4.74 Å². The Morgan fingerprint density at radius 1 is 1.27 bits per heavy atom. The topological polar surface area (TPSA) is 100 Å². The molecule has 2 aromatic heterocycles. The predicted molar refractivity (Wildman–Crippen MR) is 120 cm³/mol. The minimum Gasteiger partial charge on any atom is -0.383 e. The van der Waals surface area contributed by atoms with E-state index in [1.54, 1.807) is 6.20 Å². The van der Waals surface area contributed by atoms with E-state index in [4.69, 9.17) is 10.5 Å². The lowest BCUT2D eigenvalue weighted by Gasteiger charge is -2.39. The minimum absolute atomic E-state index is 0.0140. The second-order valence-electron chi connectivity index (χ2n) is 7.85. The van der Waals surface area contributed by atoms with Crippen molar-refractivity contribution in [2.45, 2.75) is 33.0 Å². The van der Waals surface area contributed by atoms with Gasteiger partial charge < -0.3 is 20.7 Å². The van der Waals surface area contributed by atoms with Crippen molar-refractivity contribution in [3.8, 4) is 6.07 Å². The molecule has 1 aromatic carbocycles. The summed E-state index contributed by atoms with van der Waals surface area (Å²) in [5.41, 5.74) is 10.4. The quantitative estimate of drug-likeness (QED) is 0.690. The summed E-state index contributed by atoms with van der Waals surface area (Å²) in [7, 11) is 0. The van der Waals surface area contributed by atoms with E-state index in [1.165, 1.54) is 0 Å². The molecule has 3 N–H and O–H groups in total. The number of hydrogen-bond acceptors (Lipinski definition) is 7. The average molecular weight is 403 g/mol. The van der Waals surface area contributed by atoms with Gasteiger partial charge in [-0.2, -0.15) is 5.26 Å². The number of pyridine rings is 2. The molecular weight excluding hydrogens is 376 g/mol. The lowest BCUT2D eigenvalue weighted by atomic mass is 10.1. The van der Waals surface area contributed by atoms with E-state index in [9.17, 15) is 5.26 Å². The van der Waals surface area contributed by atoms with Gasteiger partial charge in [0, 0.05) is 36.9 Å². The molecule has 3 aromatic rings. The molecule has 0 aliphatic carbocycles. The first-order valence-corrected chi connectivity index (χ1v) is 10.1. The maximum Gasteiger partial charge on any atom is 0.131 e. The summed E-state index contributed by atoms with van der Waals surface area (Å²) >= 11 is 0. The summed E-state index contributed by atoms with van der Waals surface area (Å²) in [6.45, 7) is 8.20. The van der Waals surface area contributed by atoms with E-state index in [1.807, 2.05) is 44.2 Å². The Hall–Kier alpha value is -3.37. The highest BCUT2D eigenvalue weighted by atomic mass is 16.5. The molecule has 30 heavy (non-hydrogen) atoms. The molecule has 4 rings (SSSR count). The number of hydrogen-bond donors (Lipinski definition) is 2. The number of nitrogens with one attached hydrogen (secondary N) is 1. The van der Waals surface area contributed by atoms with Crippen LogP contribution >= 0.6 is 0 Å². The fourth-order valence-electron chi connectivity index (χ4n) is 4.03. The molecule has 0 saturated carbocycles. The van der Waals surface area contributed by atoms with Gasteiger partial charge in [-0.05, 0) is 62.2 Å².